The Morgan fingerprint density at radius 2 is 1.10 bits per heavy atom. The summed E-state index contributed by atoms with van der Waals surface area (Å²) in [6.07, 6.45) is 9.64. The molecular formula is C27H26N2. The first kappa shape index (κ1) is 18.8. The van der Waals surface area contributed by atoms with Crippen molar-refractivity contribution in [3.05, 3.63) is 119 Å². The van der Waals surface area contributed by atoms with E-state index >= 15 is 0 Å². The van der Waals surface area contributed by atoms with Gasteiger partial charge in [-0.05, 0) is 80.0 Å². The Hall–Kier alpha value is -3.52. The molecule has 1 aliphatic rings. The van der Waals surface area contributed by atoms with Crippen LogP contribution in [0.4, 0.5) is 17.1 Å². The number of anilines is 3. The fourth-order valence-corrected chi connectivity index (χ4v) is 3.30. The van der Waals surface area contributed by atoms with Crippen LogP contribution in [-0.2, 0) is 0 Å². The Morgan fingerprint density at radius 1 is 0.586 bits per heavy atom. The Balaban J connectivity index is 1.45. The fraction of sp³-hybridized carbons (Fsp3) is 0.111. The smallest absolute Gasteiger partial charge is 0.0384 e. The van der Waals surface area contributed by atoms with Gasteiger partial charge in [0, 0.05) is 22.8 Å². The van der Waals surface area contributed by atoms with Crippen LogP contribution in [0, 0.1) is 13.8 Å². The molecule has 29 heavy (non-hydrogen) atoms. The molecular weight excluding hydrogens is 352 g/mol. The van der Waals surface area contributed by atoms with Crippen molar-refractivity contribution in [3.8, 4) is 0 Å². The highest BCUT2D eigenvalue weighted by Crippen LogP contribution is 2.25. The van der Waals surface area contributed by atoms with Gasteiger partial charge in [-0.2, -0.15) is 0 Å². The highest BCUT2D eigenvalue weighted by Gasteiger charge is 2.04. The molecule has 1 aliphatic carbocycles. The van der Waals surface area contributed by atoms with E-state index in [9.17, 15) is 0 Å². The molecule has 2 heteroatoms. The molecule has 0 aromatic heterocycles. The third-order valence-corrected chi connectivity index (χ3v) is 5.04. The van der Waals surface area contributed by atoms with Crippen LogP contribution >= 0.6 is 0 Å². The first-order chi connectivity index (χ1) is 14.2. The largest absolute Gasteiger partial charge is 0.356 e. The van der Waals surface area contributed by atoms with Crippen LogP contribution in [0.15, 0.2) is 103 Å². The van der Waals surface area contributed by atoms with E-state index in [0.29, 0.717) is 0 Å². The van der Waals surface area contributed by atoms with Crippen LogP contribution in [0.3, 0.4) is 0 Å². The van der Waals surface area contributed by atoms with Gasteiger partial charge in [0.05, 0.1) is 0 Å². The van der Waals surface area contributed by atoms with E-state index in [1.54, 1.807) is 0 Å². The van der Waals surface area contributed by atoms with E-state index in [4.69, 9.17) is 0 Å². The molecule has 4 rings (SSSR count). The van der Waals surface area contributed by atoms with Crippen molar-refractivity contribution < 1.29 is 0 Å². The number of nitrogens with one attached hydrogen (secondary N) is 2. The summed E-state index contributed by atoms with van der Waals surface area (Å²) in [5, 5.41) is 6.94. The molecule has 2 N–H and O–H groups in total. The number of rotatable bonds is 5. The molecule has 0 amide bonds. The molecule has 0 heterocycles. The van der Waals surface area contributed by atoms with Gasteiger partial charge in [0.15, 0.2) is 0 Å². The van der Waals surface area contributed by atoms with Crippen molar-refractivity contribution in [2.24, 2.45) is 0 Å². The molecule has 0 radical (unpaired) electrons. The second-order valence-electron chi connectivity index (χ2n) is 7.48. The van der Waals surface area contributed by atoms with E-state index in [0.717, 1.165) is 29.2 Å². The van der Waals surface area contributed by atoms with Gasteiger partial charge in [-0.3, -0.25) is 0 Å². The van der Waals surface area contributed by atoms with E-state index in [1.807, 2.05) is 0 Å². The van der Waals surface area contributed by atoms with E-state index in [2.05, 4.69) is 122 Å². The van der Waals surface area contributed by atoms with Gasteiger partial charge < -0.3 is 10.6 Å². The highest BCUT2D eigenvalue weighted by molar-refractivity contribution is 5.72. The van der Waals surface area contributed by atoms with Gasteiger partial charge in [-0.15, -0.1) is 0 Å². The molecule has 0 spiro atoms. The minimum Gasteiger partial charge on any atom is -0.356 e. The van der Waals surface area contributed by atoms with Gasteiger partial charge in [0.1, 0.15) is 0 Å². The van der Waals surface area contributed by atoms with Crippen LogP contribution in [0.25, 0.3) is 5.57 Å². The predicted molar refractivity (Wildman–Crippen MR) is 126 cm³/mol. The second-order valence-corrected chi connectivity index (χ2v) is 7.48. The van der Waals surface area contributed by atoms with Gasteiger partial charge in [-0.1, -0.05) is 59.7 Å². The Morgan fingerprint density at radius 3 is 1.69 bits per heavy atom. The maximum absolute atomic E-state index is 3.48. The zero-order chi connectivity index (χ0) is 20.1. The summed E-state index contributed by atoms with van der Waals surface area (Å²) >= 11 is 0. The molecule has 144 valence electrons. The normalized spacial score (nSPS) is 13.3. The quantitative estimate of drug-likeness (QED) is 0.484. The monoisotopic (exact) mass is 378 g/mol. The summed E-state index contributed by atoms with van der Waals surface area (Å²) in [7, 11) is 0. The number of aryl methyl sites for hydroxylation is 2. The summed E-state index contributed by atoms with van der Waals surface area (Å²) in [4.78, 5) is 0. The second kappa shape index (κ2) is 8.66. The maximum Gasteiger partial charge on any atom is 0.0384 e. The van der Waals surface area contributed by atoms with E-state index in [-0.39, 0.29) is 0 Å². The predicted octanol–water partition coefficient (Wildman–Crippen LogP) is 7.39. The third kappa shape index (κ3) is 5.05. The van der Waals surface area contributed by atoms with E-state index < -0.39 is 0 Å². The van der Waals surface area contributed by atoms with Crippen LogP contribution < -0.4 is 10.6 Å². The third-order valence-electron chi connectivity index (χ3n) is 5.04. The summed E-state index contributed by atoms with van der Waals surface area (Å²) < 4.78 is 0. The van der Waals surface area contributed by atoms with Crippen molar-refractivity contribution in [1.29, 1.82) is 0 Å². The number of allylic oxidation sites excluding steroid dienone is 5. The molecule has 3 aromatic carbocycles. The summed E-state index contributed by atoms with van der Waals surface area (Å²) in [5.74, 6) is 0. The van der Waals surface area contributed by atoms with Crippen molar-refractivity contribution in [2.45, 2.75) is 20.3 Å². The minimum absolute atomic E-state index is 0.917. The molecule has 0 bridgehead atoms. The highest BCUT2D eigenvalue weighted by atomic mass is 14.9. The fourth-order valence-electron chi connectivity index (χ4n) is 3.30. The lowest BCUT2D eigenvalue weighted by Gasteiger charge is -2.09. The average molecular weight is 379 g/mol. The van der Waals surface area contributed by atoms with Gasteiger partial charge in [0.2, 0.25) is 0 Å². The molecule has 0 aliphatic heterocycles. The minimum atomic E-state index is 0.917. The van der Waals surface area contributed by atoms with Gasteiger partial charge >= 0.3 is 0 Å². The number of benzene rings is 3. The lowest BCUT2D eigenvalue weighted by molar-refractivity contribution is 1.38. The zero-order valence-corrected chi connectivity index (χ0v) is 16.9. The van der Waals surface area contributed by atoms with E-state index in [1.165, 1.54) is 22.3 Å². The zero-order valence-electron chi connectivity index (χ0n) is 16.9. The summed E-state index contributed by atoms with van der Waals surface area (Å²) in [6.45, 7) is 4.20. The molecule has 0 unspecified atom stereocenters. The van der Waals surface area contributed by atoms with Crippen molar-refractivity contribution in [1.82, 2.24) is 0 Å². The van der Waals surface area contributed by atoms with Crippen LogP contribution in [0.5, 0.6) is 0 Å². The van der Waals surface area contributed by atoms with Crippen molar-refractivity contribution in [2.75, 3.05) is 10.6 Å². The number of hydrogen-bond acceptors (Lipinski definition) is 2. The molecule has 0 saturated carbocycles. The molecule has 3 aromatic rings. The molecule has 0 saturated heterocycles. The lowest BCUT2D eigenvalue weighted by atomic mass is 10.0. The first-order valence-electron chi connectivity index (χ1n) is 10.0. The lowest BCUT2D eigenvalue weighted by Crippen LogP contribution is -1.95. The SMILES string of the molecule is Cc1ccc(NC2=CC=C(c3ccc(Nc4ccc(C)cc4)cc3)CC=C2)cc1. The van der Waals surface area contributed by atoms with Crippen LogP contribution in [-0.4, -0.2) is 0 Å². The molecule has 0 fully saturated rings. The summed E-state index contributed by atoms with van der Waals surface area (Å²) in [6, 6.07) is 25.6. The summed E-state index contributed by atoms with van der Waals surface area (Å²) in [5.41, 5.74) is 9.50. The molecule has 0 atom stereocenters. The van der Waals surface area contributed by atoms with Crippen LogP contribution in [0.1, 0.15) is 23.1 Å². The Kier molecular flexibility index (Phi) is 5.62. The Labute approximate surface area is 173 Å². The van der Waals surface area contributed by atoms with Gasteiger partial charge in [0.25, 0.3) is 0 Å². The van der Waals surface area contributed by atoms with Crippen molar-refractivity contribution in [3.63, 3.8) is 0 Å². The number of hydrogen-bond donors (Lipinski definition) is 2. The molecule has 2 nitrogen and oxygen atoms in total. The van der Waals surface area contributed by atoms with Crippen LogP contribution in [0.2, 0.25) is 0 Å². The Bertz CT molecular complexity index is 1050. The van der Waals surface area contributed by atoms with Gasteiger partial charge in [-0.25, -0.2) is 0 Å². The topological polar surface area (TPSA) is 24.1 Å². The van der Waals surface area contributed by atoms with Crippen molar-refractivity contribution >= 4 is 22.6 Å². The first-order valence-corrected chi connectivity index (χ1v) is 10.0. The standard InChI is InChI=1S/C27H26N2/c1-20-6-13-25(14-7-20)28-24-5-3-4-22(10-17-24)23-11-18-27(19-12-23)29-26-15-8-21(2)9-16-26/h3,5-19,28-29H,4H2,1-2H3. The average Bonchev–Trinajstić information content (AvgIpc) is 2.98. The maximum atomic E-state index is 3.48.